The van der Waals surface area contributed by atoms with Crippen LogP contribution in [0.1, 0.15) is 47.0 Å². The van der Waals surface area contributed by atoms with E-state index in [1.54, 1.807) is 0 Å². The molecule has 3 heteroatoms. The first kappa shape index (κ1) is 16.9. The van der Waals surface area contributed by atoms with Crippen molar-refractivity contribution in [3.63, 3.8) is 0 Å². The van der Waals surface area contributed by atoms with Crippen LogP contribution in [0.15, 0.2) is 0 Å². The normalized spacial score (nSPS) is 29.7. The van der Waals surface area contributed by atoms with Gasteiger partial charge in [0.05, 0.1) is 0 Å². The zero-order valence-electron chi connectivity index (χ0n) is 13.9. The highest BCUT2D eigenvalue weighted by Crippen LogP contribution is 2.34. The Hall–Kier alpha value is -0.120. The molecule has 3 nitrogen and oxygen atoms in total. The van der Waals surface area contributed by atoms with Crippen LogP contribution in [-0.2, 0) is 0 Å². The minimum atomic E-state index is 0.217. The standard InChI is InChI=1S/C16H35N3/c1-7-13(3)9-16(8-2,12-17)19-10-14(4)15(11-19)18(5)6/h13-15H,7-12,17H2,1-6H3. The molecule has 0 radical (unpaired) electrons. The lowest BCUT2D eigenvalue weighted by Crippen LogP contribution is -2.54. The molecule has 0 aromatic heterocycles. The second kappa shape index (κ2) is 7.05. The highest BCUT2D eigenvalue weighted by atomic mass is 15.3. The molecule has 0 bridgehead atoms. The van der Waals surface area contributed by atoms with Gasteiger partial charge in [0.25, 0.3) is 0 Å². The van der Waals surface area contributed by atoms with E-state index in [9.17, 15) is 0 Å². The van der Waals surface area contributed by atoms with Gasteiger partial charge in [-0.1, -0.05) is 34.1 Å². The van der Waals surface area contributed by atoms with Gasteiger partial charge in [-0.2, -0.15) is 0 Å². The first-order valence-corrected chi connectivity index (χ1v) is 8.01. The van der Waals surface area contributed by atoms with Crippen LogP contribution >= 0.6 is 0 Å². The third-order valence-electron chi connectivity index (χ3n) is 5.37. The number of hydrogen-bond acceptors (Lipinski definition) is 3. The fourth-order valence-electron chi connectivity index (χ4n) is 3.66. The summed E-state index contributed by atoms with van der Waals surface area (Å²) in [6, 6.07) is 0.675. The van der Waals surface area contributed by atoms with Gasteiger partial charge in [-0.05, 0) is 38.8 Å². The summed E-state index contributed by atoms with van der Waals surface area (Å²) >= 11 is 0. The third-order valence-corrected chi connectivity index (χ3v) is 5.37. The van der Waals surface area contributed by atoms with Crippen molar-refractivity contribution < 1.29 is 0 Å². The van der Waals surface area contributed by atoms with Crippen LogP contribution in [0.25, 0.3) is 0 Å². The van der Waals surface area contributed by atoms with Crippen molar-refractivity contribution in [1.29, 1.82) is 0 Å². The fraction of sp³-hybridized carbons (Fsp3) is 1.00. The Bertz CT molecular complexity index is 261. The molecule has 0 saturated carbocycles. The predicted octanol–water partition coefficient (Wildman–Crippen LogP) is 2.41. The molecule has 1 rings (SSSR count). The first-order chi connectivity index (χ1) is 8.90. The number of hydrogen-bond donors (Lipinski definition) is 1. The van der Waals surface area contributed by atoms with Gasteiger partial charge in [0.15, 0.2) is 0 Å². The predicted molar refractivity (Wildman–Crippen MR) is 84.4 cm³/mol. The molecule has 1 fully saturated rings. The molecule has 114 valence electrons. The largest absolute Gasteiger partial charge is 0.329 e. The molecule has 0 aromatic rings. The molecule has 4 unspecified atom stereocenters. The molecular formula is C16H35N3. The van der Waals surface area contributed by atoms with Gasteiger partial charge >= 0.3 is 0 Å². The monoisotopic (exact) mass is 269 g/mol. The van der Waals surface area contributed by atoms with Crippen LogP contribution in [0, 0.1) is 11.8 Å². The van der Waals surface area contributed by atoms with Gasteiger partial charge in [0.1, 0.15) is 0 Å². The van der Waals surface area contributed by atoms with Crippen molar-refractivity contribution in [2.24, 2.45) is 17.6 Å². The maximum absolute atomic E-state index is 6.21. The van der Waals surface area contributed by atoms with E-state index >= 15 is 0 Å². The van der Waals surface area contributed by atoms with Crippen molar-refractivity contribution >= 4 is 0 Å². The van der Waals surface area contributed by atoms with Crippen molar-refractivity contribution in [3.05, 3.63) is 0 Å². The Labute approximate surface area is 120 Å². The Morgan fingerprint density at radius 3 is 2.32 bits per heavy atom. The Morgan fingerprint density at radius 1 is 1.32 bits per heavy atom. The molecule has 19 heavy (non-hydrogen) atoms. The summed E-state index contributed by atoms with van der Waals surface area (Å²) in [5, 5.41) is 0. The van der Waals surface area contributed by atoms with Gasteiger partial charge in [0, 0.05) is 31.2 Å². The minimum Gasteiger partial charge on any atom is -0.329 e. The maximum Gasteiger partial charge on any atom is 0.0332 e. The summed E-state index contributed by atoms with van der Waals surface area (Å²) in [6.45, 7) is 12.5. The lowest BCUT2D eigenvalue weighted by Gasteiger charge is -2.43. The van der Waals surface area contributed by atoms with Crippen molar-refractivity contribution in [1.82, 2.24) is 9.80 Å². The number of likely N-dealkylation sites (N-methyl/N-ethyl adjacent to an activating group) is 1. The molecule has 0 spiro atoms. The van der Waals surface area contributed by atoms with E-state index in [2.05, 4.69) is 51.6 Å². The second-order valence-electron chi connectivity index (χ2n) is 6.91. The molecule has 1 saturated heterocycles. The number of nitrogens with two attached hydrogens (primary N) is 1. The van der Waals surface area contributed by atoms with Crippen LogP contribution in [-0.4, -0.2) is 55.1 Å². The lowest BCUT2D eigenvalue weighted by atomic mass is 9.83. The van der Waals surface area contributed by atoms with E-state index in [1.165, 1.54) is 32.4 Å². The lowest BCUT2D eigenvalue weighted by molar-refractivity contribution is 0.0825. The average Bonchev–Trinajstić information content (AvgIpc) is 2.78. The Kier molecular flexibility index (Phi) is 6.28. The minimum absolute atomic E-state index is 0.217. The average molecular weight is 269 g/mol. The van der Waals surface area contributed by atoms with Gasteiger partial charge in [-0.15, -0.1) is 0 Å². The highest BCUT2D eigenvalue weighted by molar-refractivity contribution is 4.99. The number of nitrogens with zero attached hydrogens (tertiary/aromatic N) is 2. The quantitative estimate of drug-likeness (QED) is 0.770. The van der Waals surface area contributed by atoms with Crippen molar-refractivity contribution in [2.45, 2.75) is 58.5 Å². The fourth-order valence-corrected chi connectivity index (χ4v) is 3.66. The smallest absolute Gasteiger partial charge is 0.0332 e. The van der Waals surface area contributed by atoms with E-state index in [0.717, 1.165) is 18.4 Å². The van der Waals surface area contributed by atoms with Gasteiger partial charge in [-0.3, -0.25) is 4.90 Å². The van der Waals surface area contributed by atoms with E-state index in [0.29, 0.717) is 6.04 Å². The summed E-state index contributed by atoms with van der Waals surface area (Å²) in [5.41, 5.74) is 6.43. The molecule has 0 amide bonds. The summed E-state index contributed by atoms with van der Waals surface area (Å²) in [5.74, 6) is 1.50. The summed E-state index contributed by atoms with van der Waals surface area (Å²) in [7, 11) is 4.41. The van der Waals surface area contributed by atoms with E-state index in [1.807, 2.05) is 0 Å². The Morgan fingerprint density at radius 2 is 1.95 bits per heavy atom. The molecule has 1 aliphatic rings. The van der Waals surface area contributed by atoms with Crippen molar-refractivity contribution in [2.75, 3.05) is 33.7 Å². The molecule has 1 heterocycles. The second-order valence-corrected chi connectivity index (χ2v) is 6.91. The van der Waals surface area contributed by atoms with E-state index in [4.69, 9.17) is 5.73 Å². The summed E-state index contributed by atoms with van der Waals surface area (Å²) in [4.78, 5) is 5.07. The molecule has 0 aliphatic carbocycles. The maximum atomic E-state index is 6.21. The third kappa shape index (κ3) is 3.71. The number of rotatable bonds is 7. The van der Waals surface area contributed by atoms with Crippen LogP contribution in [0.3, 0.4) is 0 Å². The van der Waals surface area contributed by atoms with Crippen LogP contribution in [0.5, 0.6) is 0 Å². The zero-order valence-corrected chi connectivity index (χ0v) is 13.9. The first-order valence-electron chi connectivity index (χ1n) is 8.01. The van der Waals surface area contributed by atoms with Crippen molar-refractivity contribution in [3.8, 4) is 0 Å². The van der Waals surface area contributed by atoms with Gasteiger partial charge in [-0.25, -0.2) is 0 Å². The Balaban J connectivity index is 2.83. The van der Waals surface area contributed by atoms with E-state index in [-0.39, 0.29) is 5.54 Å². The summed E-state index contributed by atoms with van der Waals surface area (Å²) in [6.07, 6.45) is 3.66. The molecule has 0 aromatic carbocycles. The summed E-state index contributed by atoms with van der Waals surface area (Å²) < 4.78 is 0. The van der Waals surface area contributed by atoms with E-state index < -0.39 is 0 Å². The van der Waals surface area contributed by atoms with Gasteiger partial charge < -0.3 is 10.6 Å². The molecule has 2 N–H and O–H groups in total. The van der Waals surface area contributed by atoms with Crippen LogP contribution in [0.2, 0.25) is 0 Å². The molecular weight excluding hydrogens is 234 g/mol. The van der Waals surface area contributed by atoms with Gasteiger partial charge in [0.2, 0.25) is 0 Å². The molecule has 4 atom stereocenters. The molecule has 1 aliphatic heterocycles. The SMILES string of the molecule is CCC(C)CC(CC)(CN)N1CC(C)C(N(C)C)C1. The van der Waals surface area contributed by atoms with Crippen LogP contribution in [0.4, 0.5) is 0 Å². The highest BCUT2D eigenvalue weighted by Gasteiger charge is 2.42. The topological polar surface area (TPSA) is 32.5 Å². The zero-order chi connectivity index (χ0) is 14.6. The van der Waals surface area contributed by atoms with Crippen LogP contribution < -0.4 is 5.73 Å². The number of likely N-dealkylation sites (tertiary alicyclic amines) is 1.